The van der Waals surface area contributed by atoms with Crippen molar-refractivity contribution < 1.29 is 4.79 Å². The summed E-state index contributed by atoms with van der Waals surface area (Å²) in [6.07, 6.45) is 1.64. The topological polar surface area (TPSA) is 57.8 Å². The van der Waals surface area contributed by atoms with Gasteiger partial charge in [0.25, 0.3) is 0 Å². The molecule has 0 fully saturated rings. The quantitative estimate of drug-likeness (QED) is 0.718. The minimum Gasteiger partial charge on any atom is -0.345 e. The van der Waals surface area contributed by atoms with E-state index in [0.717, 1.165) is 28.2 Å². The smallest absolute Gasteiger partial charge is 0.228 e. The largest absolute Gasteiger partial charge is 0.345 e. The molecule has 5 heteroatoms. The van der Waals surface area contributed by atoms with Gasteiger partial charge >= 0.3 is 0 Å². The van der Waals surface area contributed by atoms with Crippen molar-refractivity contribution in [1.82, 2.24) is 9.97 Å². The maximum absolute atomic E-state index is 12.4. The lowest BCUT2D eigenvalue weighted by Gasteiger charge is -2.12. The molecule has 2 N–H and O–H groups in total. The third kappa shape index (κ3) is 3.93. The van der Waals surface area contributed by atoms with E-state index in [9.17, 15) is 4.79 Å². The van der Waals surface area contributed by atoms with Crippen molar-refractivity contribution in [3.05, 3.63) is 60.4 Å². The molecule has 0 aliphatic heterocycles. The van der Waals surface area contributed by atoms with Crippen molar-refractivity contribution in [2.24, 2.45) is 5.92 Å². The third-order valence-corrected chi connectivity index (χ3v) is 4.91. The summed E-state index contributed by atoms with van der Waals surface area (Å²) in [5.74, 6) is 1.68. The molecule has 23 heavy (non-hydrogen) atoms. The van der Waals surface area contributed by atoms with Gasteiger partial charge in [-0.3, -0.25) is 4.79 Å². The molecule has 1 aromatic heterocycles. The number of amides is 1. The predicted octanol–water partition coefficient (Wildman–Crippen LogP) is 4.07. The molecule has 0 spiro atoms. The Hall–Kier alpha value is -2.27. The standard InChI is InChI=1S/C18H19N3OS/c1-13(10-23-11-14-6-3-2-4-7-14)18(22)21-16-9-5-8-15-17(16)20-12-19-15/h2-9,12-13H,10-11H2,1H3,(H,19,20)(H,21,22)/t13-/m1/s1. The number of nitrogens with one attached hydrogen (secondary N) is 2. The van der Waals surface area contributed by atoms with Gasteiger partial charge < -0.3 is 10.3 Å². The van der Waals surface area contributed by atoms with Gasteiger partial charge in [0.15, 0.2) is 0 Å². The van der Waals surface area contributed by atoms with E-state index in [0.29, 0.717) is 0 Å². The molecule has 0 bridgehead atoms. The number of fused-ring (bicyclic) bond motifs is 1. The van der Waals surface area contributed by atoms with E-state index in [-0.39, 0.29) is 11.8 Å². The Labute approximate surface area is 139 Å². The molecule has 0 radical (unpaired) electrons. The highest BCUT2D eigenvalue weighted by Crippen LogP contribution is 2.21. The fraction of sp³-hybridized carbons (Fsp3) is 0.222. The first kappa shape index (κ1) is 15.6. The van der Waals surface area contributed by atoms with Gasteiger partial charge in [-0.1, -0.05) is 43.3 Å². The first-order valence-corrected chi connectivity index (χ1v) is 8.74. The lowest BCUT2D eigenvalue weighted by molar-refractivity contribution is -0.118. The van der Waals surface area contributed by atoms with Crippen LogP contribution in [0.3, 0.4) is 0 Å². The number of nitrogens with zero attached hydrogens (tertiary/aromatic N) is 1. The minimum absolute atomic E-state index is 0.0288. The number of H-pyrrole nitrogens is 1. The Morgan fingerprint density at radius 1 is 1.22 bits per heavy atom. The highest BCUT2D eigenvalue weighted by Gasteiger charge is 2.15. The second kappa shape index (κ2) is 7.33. The van der Waals surface area contributed by atoms with Crippen LogP contribution in [-0.4, -0.2) is 21.6 Å². The molecule has 3 rings (SSSR count). The molecule has 1 atom stereocenters. The molecule has 4 nitrogen and oxygen atoms in total. The van der Waals surface area contributed by atoms with Gasteiger partial charge in [-0.25, -0.2) is 4.98 Å². The molecule has 0 saturated carbocycles. The number of carbonyl (C=O) groups is 1. The Kier molecular flexibility index (Phi) is 4.98. The van der Waals surface area contributed by atoms with Crippen LogP contribution in [0.4, 0.5) is 5.69 Å². The van der Waals surface area contributed by atoms with Crippen LogP contribution in [-0.2, 0) is 10.5 Å². The van der Waals surface area contributed by atoms with Crippen molar-refractivity contribution in [2.45, 2.75) is 12.7 Å². The molecule has 1 heterocycles. The zero-order valence-corrected chi connectivity index (χ0v) is 13.8. The Balaban J connectivity index is 1.54. The minimum atomic E-state index is -0.0575. The maximum Gasteiger partial charge on any atom is 0.228 e. The van der Waals surface area contributed by atoms with Crippen LogP contribution in [0.15, 0.2) is 54.9 Å². The Morgan fingerprint density at radius 2 is 2.04 bits per heavy atom. The Bertz CT molecular complexity index is 785. The number of hydrogen-bond donors (Lipinski definition) is 2. The lowest BCUT2D eigenvalue weighted by atomic mass is 10.2. The zero-order chi connectivity index (χ0) is 16.1. The number of hydrogen-bond acceptors (Lipinski definition) is 3. The van der Waals surface area contributed by atoms with Gasteiger partial charge in [-0.2, -0.15) is 11.8 Å². The van der Waals surface area contributed by atoms with E-state index in [2.05, 4.69) is 27.4 Å². The number of aromatic amines is 1. The van der Waals surface area contributed by atoms with Crippen molar-refractivity contribution in [3.63, 3.8) is 0 Å². The summed E-state index contributed by atoms with van der Waals surface area (Å²) >= 11 is 1.78. The van der Waals surface area contributed by atoms with E-state index in [1.807, 2.05) is 43.3 Å². The highest BCUT2D eigenvalue weighted by molar-refractivity contribution is 7.98. The first-order chi connectivity index (χ1) is 11.2. The summed E-state index contributed by atoms with van der Waals surface area (Å²) < 4.78 is 0. The molecule has 2 aromatic carbocycles. The number of rotatable bonds is 6. The van der Waals surface area contributed by atoms with E-state index in [4.69, 9.17) is 0 Å². The van der Waals surface area contributed by atoms with Crippen LogP contribution < -0.4 is 5.32 Å². The summed E-state index contributed by atoms with van der Waals surface area (Å²) in [7, 11) is 0. The predicted molar refractivity (Wildman–Crippen MR) is 96.5 cm³/mol. The van der Waals surface area contributed by atoms with Crippen molar-refractivity contribution >= 4 is 34.4 Å². The van der Waals surface area contributed by atoms with Gasteiger partial charge in [0.05, 0.1) is 17.5 Å². The monoisotopic (exact) mass is 325 g/mol. The van der Waals surface area contributed by atoms with Crippen LogP contribution in [0.1, 0.15) is 12.5 Å². The zero-order valence-electron chi connectivity index (χ0n) is 13.0. The molecule has 118 valence electrons. The van der Waals surface area contributed by atoms with Crippen LogP contribution in [0.2, 0.25) is 0 Å². The SMILES string of the molecule is C[C@H](CSCc1ccccc1)C(=O)Nc1cccc2[nH]cnc12. The van der Waals surface area contributed by atoms with E-state index in [1.54, 1.807) is 18.1 Å². The van der Waals surface area contributed by atoms with Crippen LogP contribution in [0, 0.1) is 5.92 Å². The normalized spacial score (nSPS) is 12.2. The Morgan fingerprint density at radius 3 is 2.87 bits per heavy atom. The highest BCUT2D eigenvalue weighted by atomic mass is 32.2. The van der Waals surface area contributed by atoms with Crippen molar-refractivity contribution in [2.75, 3.05) is 11.1 Å². The number of benzene rings is 2. The third-order valence-electron chi connectivity index (χ3n) is 3.63. The summed E-state index contributed by atoms with van der Waals surface area (Å²) in [5.41, 5.74) is 3.76. The van der Waals surface area contributed by atoms with Crippen LogP contribution in [0.25, 0.3) is 11.0 Å². The molecular formula is C18H19N3OS. The molecule has 3 aromatic rings. The van der Waals surface area contributed by atoms with Crippen LogP contribution in [0.5, 0.6) is 0 Å². The number of para-hydroxylation sites is 1. The number of imidazole rings is 1. The second-order valence-corrected chi connectivity index (χ2v) is 6.53. The van der Waals surface area contributed by atoms with Gasteiger partial charge in [0.1, 0.15) is 5.52 Å². The fourth-order valence-corrected chi connectivity index (χ4v) is 3.38. The molecular weight excluding hydrogens is 306 g/mol. The molecule has 0 saturated heterocycles. The lowest BCUT2D eigenvalue weighted by Crippen LogP contribution is -2.22. The summed E-state index contributed by atoms with van der Waals surface area (Å²) in [6.45, 7) is 1.96. The number of aromatic nitrogens is 2. The van der Waals surface area contributed by atoms with E-state index < -0.39 is 0 Å². The summed E-state index contributed by atoms with van der Waals surface area (Å²) in [4.78, 5) is 19.7. The number of carbonyl (C=O) groups excluding carboxylic acids is 1. The van der Waals surface area contributed by atoms with Crippen molar-refractivity contribution in [3.8, 4) is 0 Å². The van der Waals surface area contributed by atoms with E-state index in [1.165, 1.54) is 5.56 Å². The fourth-order valence-electron chi connectivity index (χ4n) is 2.33. The van der Waals surface area contributed by atoms with Gasteiger partial charge in [0, 0.05) is 17.4 Å². The number of anilines is 1. The number of thioether (sulfide) groups is 1. The van der Waals surface area contributed by atoms with Crippen LogP contribution >= 0.6 is 11.8 Å². The summed E-state index contributed by atoms with van der Waals surface area (Å²) in [6, 6.07) is 16.0. The molecule has 1 amide bonds. The van der Waals surface area contributed by atoms with E-state index >= 15 is 0 Å². The first-order valence-electron chi connectivity index (χ1n) is 7.58. The second-order valence-electron chi connectivity index (χ2n) is 5.50. The molecule has 0 aliphatic rings. The molecule has 0 aliphatic carbocycles. The average molecular weight is 325 g/mol. The average Bonchev–Trinajstić information content (AvgIpc) is 3.05. The van der Waals surface area contributed by atoms with Crippen molar-refractivity contribution in [1.29, 1.82) is 0 Å². The molecule has 0 unspecified atom stereocenters. The van der Waals surface area contributed by atoms with Gasteiger partial charge in [-0.15, -0.1) is 0 Å². The van der Waals surface area contributed by atoms with Gasteiger partial charge in [0.2, 0.25) is 5.91 Å². The van der Waals surface area contributed by atoms with Gasteiger partial charge in [-0.05, 0) is 17.7 Å². The maximum atomic E-state index is 12.4. The summed E-state index contributed by atoms with van der Waals surface area (Å²) in [5, 5.41) is 2.98.